The molecule has 0 aromatic heterocycles. The molecular weight excluding hydrogens is 530 g/mol. The van der Waals surface area contributed by atoms with E-state index in [1.54, 1.807) is 36.9 Å². The van der Waals surface area contributed by atoms with Gasteiger partial charge in [-0.15, -0.1) is 0 Å². The van der Waals surface area contributed by atoms with E-state index >= 15 is 0 Å². The van der Waals surface area contributed by atoms with Crippen LogP contribution in [0.1, 0.15) is 31.1 Å². The highest BCUT2D eigenvalue weighted by Gasteiger charge is 2.30. The number of carboxylic acid groups (broad SMARTS) is 1. The molecule has 0 aliphatic carbocycles. The van der Waals surface area contributed by atoms with E-state index in [0.29, 0.717) is 35.0 Å². The fraction of sp³-hybridized carbons (Fsp3) is 0.206. The number of carboxylic acids is 1. The van der Waals surface area contributed by atoms with E-state index in [9.17, 15) is 19.5 Å². The van der Waals surface area contributed by atoms with Crippen LogP contribution >= 0.6 is 0 Å². The second-order valence-corrected chi connectivity index (χ2v) is 10.1. The van der Waals surface area contributed by atoms with Gasteiger partial charge in [0.05, 0.1) is 23.7 Å². The first-order valence-corrected chi connectivity index (χ1v) is 13.8. The largest absolute Gasteiger partial charge is 0.492 e. The van der Waals surface area contributed by atoms with Gasteiger partial charge in [0.25, 0.3) is 5.91 Å². The molecule has 4 aromatic rings. The molecule has 42 heavy (non-hydrogen) atoms. The molecule has 3 amide bonds. The topological polar surface area (TPSA) is 99.2 Å². The van der Waals surface area contributed by atoms with Crippen LogP contribution < -0.4 is 15.0 Å². The lowest BCUT2D eigenvalue weighted by Gasteiger charge is -2.27. The summed E-state index contributed by atoms with van der Waals surface area (Å²) < 4.78 is 5.68. The molecule has 0 aliphatic rings. The summed E-state index contributed by atoms with van der Waals surface area (Å²) >= 11 is 0. The molecule has 4 rings (SSSR count). The molecule has 216 valence electrons. The number of para-hydroxylation sites is 3. The lowest BCUT2D eigenvalue weighted by atomic mass is 10.0. The van der Waals surface area contributed by atoms with Crippen LogP contribution in [-0.4, -0.2) is 47.6 Å². The SMILES string of the molecule is CCOc1ccccc1NC(=O)N(c1ccccc1)c1ccc(-c2ccc(C(=O)N(C)[C@H](C(=O)O)C(C)C)cc2)cc1. The predicted octanol–water partition coefficient (Wildman–Crippen LogP) is 7.30. The number of nitrogens with one attached hydrogen (secondary N) is 1. The number of rotatable bonds is 10. The maximum atomic E-state index is 13.6. The van der Waals surface area contributed by atoms with Crippen molar-refractivity contribution in [3.05, 3.63) is 109 Å². The van der Waals surface area contributed by atoms with Crippen LogP contribution in [0.4, 0.5) is 21.9 Å². The Morgan fingerprint density at radius 3 is 1.90 bits per heavy atom. The monoisotopic (exact) mass is 565 g/mol. The van der Waals surface area contributed by atoms with Crippen LogP contribution in [0.2, 0.25) is 0 Å². The van der Waals surface area contributed by atoms with Gasteiger partial charge in [-0.05, 0) is 72.5 Å². The average Bonchev–Trinajstić information content (AvgIpc) is 2.99. The Labute approximate surface area is 246 Å². The highest BCUT2D eigenvalue weighted by atomic mass is 16.5. The van der Waals surface area contributed by atoms with Crippen LogP contribution in [0, 0.1) is 5.92 Å². The minimum absolute atomic E-state index is 0.230. The van der Waals surface area contributed by atoms with Crippen molar-refractivity contribution < 1.29 is 24.2 Å². The first-order valence-electron chi connectivity index (χ1n) is 13.8. The Bertz CT molecular complexity index is 1520. The fourth-order valence-corrected chi connectivity index (χ4v) is 4.82. The lowest BCUT2D eigenvalue weighted by molar-refractivity contribution is -0.143. The van der Waals surface area contributed by atoms with E-state index in [-0.39, 0.29) is 17.9 Å². The molecule has 8 heteroatoms. The number of nitrogens with zero attached hydrogens (tertiary/aromatic N) is 2. The number of benzene rings is 4. The third-order valence-corrected chi connectivity index (χ3v) is 6.86. The molecule has 2 N–H and O–H groups in total. The summed E-state index contributed by atoms with van der Waals surface area (Å²) in [6.07, 6.45) is 0. The quantitative estimate of drug-likeness (QED) is 0.210. The summed E-state index contributed by atoms with van der Waals surface area (Å²) in [5.74, 6) is -1.03. The lowest BCUT2D eigenvalue weighted by Crippen LogP contribution is -2.45. The normalized spacial score (nSPS) is 11.5. The Balaban J connectivity index is 1.57. The Morgan fingerprint density at radius 2 is 1.33 bits per heavy atom. The van der Waals surface area contributed by atoms with E-state index in [0.717, 1.165) is 11.1 Å². The van der Waals surface area contributed by atoms with Crippen molar-refractivity contribution in [1.29, 1.82) is 0 Å². The molecule has 0 unspecified atom stereocenters. The predicted molar refractivity (Wildman–Crippen MR) is 165 cm³/mol. The number of hydrogen-bond donors (Lipinski definition) is 2. The molecule has 0 saturated heterocycles. The standard InChI is InChI=1S/C34H35N3O5/c1-5-42-30-14-10-9-13-29(30)35-34(41)37(27-11-7-6-8-12-27)28-21-19-25(20-22-28)24-15-17-26(18-16-24)32(38)36(4)31(23(2)3)33(39)40/h6-23,31H,5H2,1-4H3,(H,35,41)(H,39,40)/t31-/m0/s1. The average molecular weight is 566 g/mol. The number of ether oxygens (including phenoxy) is 1. The Morgan fingerprint density at radius 1 is 0.786 bits per heavy atom. The number of anilines is 3. The first kappa shape index (κ1) is 29.9. The van der Waals surface area contributed by atoms with Gasteiger partial charge < -0.3 is 20.1 Å². The van der Waals surface area contributed by atoms with Gasteiger partial charge in [0.15, 0.2) is 0 Å². The summed E-state index contributed by atoms with van der Waals surface area (Å²) in [7, 11) is 1.51. The summed E-state index contributed by atoms with van der Waals surface area (Å²) in [6, 6.07) is 30.0. The zero-order valence-corrected chi connectivity index (χ0v) is 24.2. The molecule has 0 aliphatic heterocycles. The zero-order valence-electron chi connectivity index (χ0n) is 24.2. The van der Waals surface area contributed by atoms with Crippen molar-refractivity contribution in [2.75, 3.05) is 23.9 Å². The molecule has 4 aromatic carbocycles. The van der Waals surface area contributed by atoms with Gasteiger partial charge >= 0.3 is 12.0 Å². The van der Waals surface area contributed by atoms with Crippen molar-refractivity contribution in [2.24, 2.45) is 5.92 Å². The van der Waals surface area contributed by atoms with E-state index in [1.165, 1.54) is 11.9 Å². The van der Waals surface area contributed by atoms with E-state index < -0.39 is 12.0 Å². The number of carbonyl (C=O) groups is 3. The third-order valence-electron chi connectivity index (χ3n) is 6.86. The second-order valence-electron chi connectivity index (χ2n) is 10.1. The van der Waals surface area contributed by atoms with Gasteiger partial charge in [-0.2, -0.15) is 0 Å². The molecule has 0 heterocycles. The summed E-state index contributed by atoms with van der Waals surface area (Å²) in [4.78, 5) is 41.1. The number of urea groups is 1. The Hall–Kier alpha value is -5.11. The summed E-state index contributed by atoms with van der Waals surface area (Å²) in [6.45, 7) is 5.92. The van der Waals surface area contributed by atoms with Crippen molar-refractivity contribution in [2.45, 2.75) is 26.8 Å². The maximum absolute atomic E-state index is 13.6. The van der Waals surface area contributed by atoms with Crippen LogP contribution in [-0.2, 0) is 4.79 Å². The molecular formula is C34H35N3O5. The highest BCUT2D eigenvalue weighted by Crippen LogP contribution is 2.31. The fourth-order valence-electron chi connectivity index (χ4n) is 4.82. The van der Waals surface area contributed by atoms with Gasteiger partial charge in [-0.3, -0.25) is 9.69 Å². The number of carbonyl (C=O) groups excluding carboxylic acids is 2. The number of hydrogen-bond acceptors (Lipinski definition) is 4. The Kier molecular flexibility index (Phi) is 9.60. The van der Waals surface area contributed by atoms with Gasteiger partial charge in [-0.1, -0.05) is 68.4 Å². The summed E-state index contributed by atoms with van der Waals surface area (Å²) in [5.41, 5.74) is 4.12. The molecule has 0 bridgehead atoms. The van der Waals surface area contributed by atoms with E-state index in [2.05, 4.69) is 5.32 Å². The molecule has 0 saturated carbocycles. The van der Waals surface area contributed by atoms with E-state index in [1.807, 2.05) is 91.9 Å². The zero-order chi connectivity index (χ0) is 30.2. The van der Waals surface area contributed by atoms with Gasteiger partial charge in [0.1, 0.15) is 11.8 Å². The molecule has 0 radical (unpaired) electrons. The van der Waals surface area contributed by atoms with Crippen molar-refractivity contribution >= 4 is 35.0 Å². The van der Waals surface area contributed by atoms with Crippen LogP contribution in [0.3, 0.4) is 0 Å². The minimum atomic E-state index is -1.03. The maximum Gasteiger partial charge on any atom is 0.331 e. The first-order chi connectivity index (χ1) is 20.2. The summed E-state index contributed by atoms with van der Waals surface area (Å²) in [5, 5.41) is 12.5. The number of aliphatic carboxylic acids is 1. The van der Waals surface area contributed by atoms with Crippen molar-refractivity contribution in [1.82, 2.24) is 4.90 Å². The molecule has 1 atom stereocenters. The second kappa shape index (κ2) is 13.5. The van der Waals surface area contributed by atoms with Crippen LogP contribution in [0.5, 0.6) is 5.75 Å². The number of likely N-dealkylation sites (N-methyl/N-ethyl adjacent to an activating group) is 1. The molecule has 0 fully saturated rings. The van der Waals surface area contributed by atoms with Crippen molar-refractivity contribution in [3.63, 3.8) is 0 Å². The smallest absolute Gasteiger partial charge is 0.331 e. The van der Waals surface area contributed by atoms with E-state index in [4.69, 9.17) is 4.74 Å². The van der Waals surface area contributed by atoms with Gasteiger partial charge in [0, 0.05) is 12.6 Å². The van der Waals surface area contributed by atoms with Gasteiger partial charge in [-0.25, -0.2) is 9.59 Å². The molecule has 8 nitrogen and oxygen atoms in total. The minimum Gasteiger partial charge on any atom is -0.492 e. The van der Waals surface area contributed by atoms with Crippen LogP contribution in [0.15, 0.2) is 103 Å². The molecule has 0 spiro atoms. The van der Waals surface area contributed by atoms with Crippen LogP contribution in [0.25, 0.3) is 11.1 Å². The van der Waals surface area contributed by atoms with Crippen molar-refractivity contribution in [3.8, 4) is 16.9 Å². The highest BCUT2D eigenvalue weighted by molar-refractivity contribution is 6.07. The van der Waals surface area contributed by atoms with Gasteiger partial charge in [0.2, 0.25) is 0 Å². The number of amides is 3. The third kappa shape index (κ3) is 6.78.